The highest BCUT2D eigenvalue weighted by Gasteiger charge is 2.38. The second kappa shape index (κ2) is 7.31. The molecule has 4 rings (SSSR count). The molecule has 4 atom stereocenters. The Kier molecular flexibility index (Phi) is 4.74. The van der Waals surface area contributed by atoms with E-state index in [4.69, 9.17) is 9.15 Å². The van der Waals surface area contributed by atoms with E-state index in [9.17, 15) is 4.79 Å². The lowest BCUT2D eigenvalue weighted by atomic mass is 9.82. The van der Waals surface area contributed by atoms with Crippen molar-refractivity contribution in [1.29, 1.82) is 0 Å². The zero-order valence-corrected chi connectivity index (χ0v) is 14.2. The molecular formula is C20H24N2O3. The summed E-state index contributed by atoms with van der Waals surface area (Å²) in [4.78, 5) is 12.7. The fourth-order valence-corrected chi connectivity index (χ4v) is 4.12. The van der Waals surface area contributed by atoms with Gasteiger partial charge in [-0.1, -0.05) is 30.3 Å². The fourth-order valence-electron chi connectivity index (χ4n) is 4.12. The highest BCUT2D eigenvalue weighted by Crippen LogP contribution is 2.34. The predicted molar refractivity (Wildman–Crippen MR) is 94.1 cm³/mol. The Morgan fingerprint density at radius 1 is 1.08 bits per heavy atom. The second-order valence-electron chi connectivity index (χ2n) is 6.88. The molecule has 0 bridgehead atoms. The zero-order valence-electron chi connectivity index (χ0n) is 14.2. The fraction of sp³-hybridized carbons (Fsp3) is 0.450. The summed E-state index contributed by atoms with van der Waals surface area (Å²) in [6.07, 6.45) is 6.22. The van der Waals surface area contributed by atoms with Crippen LogP contribution in [0, 0.1) is 5.92 Å². The highest BCUT2D eigenvalue weighted by molar-refractivity contribution is 5.75. The third kappa shape index (κ3) is 3.56. The number of amides is 2. The molecule has 1 saturated carbocycles. The van der Waals surface area contributed by atoms with E-state index in [-0.39, 0.29) is 18.1 Å². The molecule has 0 spiro atoms. The van der Waals surface area contributed by atoms with Crippen LogP contribution in [0.15, 0.2) is 53.1 Å². The van der Waals surface area contributed by atoms with Gasteiger partial charge >= 0.3 is 6.03 Å². The van der Waals surface area contributed by atoms with E-state index in [1.165, 1.54) is 0 Å². The van der Waals surface area contributed by atoms with Crippen molar-refractivity contribution in [3.63, 3.8) is 0 Å². The SMILES string of the molecule is O=C(N[C@H](c1ccccc1)c1ccco1)N[C@@H]1CCC[C@@H]2OCC[C@H]21. The Bertz CT molecular complexity index is 686. The molecule has 5 heteroatoms. The molecule has 1 aromatic heterocycles. The van der Waals surface area contributed by atoms with E-state index in [1.807, 2.05) is 42.5 Å². The van der Waals surface area contributed by atoms with Gasteiger partial charge in [-0.15, -0.1) is 0 Å². The van der Waals surface area contributed by atoms with Gasteiger partial charge in [0.15, 0.2) is 0 Å². The first-order valence-electron chi connectivity index (χ1n) is 9.08. The molecule has 1 aliphatic heterocycles. The maximum Gasteiger partial charge on any atom is 0.315 e. The Morgan fingerprint density at radius 3 is 2.76 bits per heavy atom. The molecule has 0 unspecified atom stereocenters. The standard InChI is InChI=1S/C20H24N2O3/c23-20(21-16-8-4-9-17-15(16)11-13-25-17)22-19(18-10-5-12-24-18)14-6-2-1-3-7-14/h1-3,5-7,10,12,15-17,19H,4,8-9,11,13H2,(H2,21,22,23)/t15-,16+,17-,19+/m0/s1. The zero-order chi connectivity index (χ0) is 17.1. The molecule has 2 amide bonds. The van der Waals surface area contributed by atoms with E-state index in [1.54, 1.807) is 6.26 Å². The monoisotopic (exact) mass is 340 g/mol. The van der Waals surface area contributed by atoms with Crippen LogP contribution in [0.3, 0.4) is 0 Å². The van der Waals surface area contributed by atoms with E-state index in [0.29, 0.717) is 12.0 Å². The number of ether oxygens (including phenoxy) is 1. The van der Waals surface area contributed by atoms with Crippen LogP contribution < -0.4 is 10.6 Å². The molecule has 2 aromatic rings. The number of carbonyl (C=O) groups is 1. The minimum atomic E-state index is -0.296. The third-order valence-corrected chi connectivity index (χ3v) is 5.33. The van der Waals surface area contributed by atoms with Crippen LogP contribution in [-0.2, 0) is 4.74 Å². The van der Waals surface area contributed by atoms with Crippen LogP contribution in [0.5, 0.6) is 0 Å². The molecule has 2 N–H and O–H groups in total. The van der Waals surface area contributed by atoms with Crippen LogP contribution in [-0.4, -0.2) is 24.8 Å². The molecule has 2 heterocycles. The molecule has 0 radical (unpaired) electrons. The van der Waals surface area contributed by atoms with Gasteiger partial charge in [0.2, 0.25) is 0 Å². The summed E-state index contributed by atoms with van der Waals surface area (Å²) in [5, 5.41) is 6.26. The number of hydrogen-bond donors (Lipinski definition) is 2. The third-order valence-electron chi connectivity index (χ3n) is 5.33. The first-order valence-corrected chi connectivity index (χ1v) is 9.08. The van der Waals surface area contributed by atoms with Gasteiger partial charge in [0.1, 0.15) is 11.8 Å². The van der Waals surface area contributed by atoms with Crippen molar-refractivity contribution >= 4 is 6.03 Å². The lowest BCUT2D eigenvalue weighted by molar-refractivity contribution is 0.0549. The van der Waals surface area contributed by atoms with Gasteiger partial charge in [-0.3, -0.25) is 0 Å². The van der Waals surface area contributed by atoms with Crippen LogP contribution in [0.25, 0.3) is 0 Å². The number of carbonyl (C=O) groups excluding carboxylic acids is 1. The van der Waals surface area contributed by atoms with Crippen molar-refractivity contribution in [2.24, 2.45) is 5.92 Å². The van der Waals surface area contributed by atoms with Crippen LogP contribution in [0.2, 0.25) is 0 Å². The lowest BCUT2D eigenvalue weighted by Crippen LogP contribution is -2.49. The quantitative estimate of drug-likeness (QED) is 0.893. The molecular weight excluding hydrogens is 316 g/mol. The lowest BCUT2D eigenvalue weighted by Gasteiger charge is -2.33. The number of furan rings is 1. The molecule has 25 heavy (non-hydrogen) atoms. The summed E-state index contributed by atoms with van der Waals surface area (Å²) < 4.78 is 11.3. The number of hydrogen-bond acceptors (Lipinski definition) is 3. The first-order chi connectivity index (χ1) is 12.3. The molecule has 1 saturated heterocycles. The topological polar surface area (TPSA) is 63.5 Å². The largest absolute Gasteiger partial charge is 0.467 e. The van der Waals surface area contributed by atoms with Crippen LogP contribution in [0.1, 0.15) is 43.0 Å². The van der Waals surface area contributed by atoms with Crippen molar-refractivity contribution in [2.75, 3.05) is 6.61 Å². The van der Waals surface area contributed by atoms with Gasteiger partial charge in [0, 0.05) is 18.6 Å². The van der Waals surface area contributed by atoms with Crippen molar-refractivity contribution in [2.45, 2.75) is 43.9 Å². The Hall–Kier alpha value is -2.27. The number of fused-ring (bicyclic) bond motifs is 1. The average molecular weight is 340 g/mol. The van der Waals surface area contributed by atoms with Crippen LogP contribution >= 0.6 is 0 Å². The number of urea groups is 1. The molecule has 132 valence electrons. The first kappa shape index (κ1) is 16.2. The van der Waals surface area contributed by atoms with Gasteiger partial charge in [-0.2, -0.15) is 0 Å². The average Bonchev–Trinajstić information content (AvgIpc) is 3.32. The Labute approximate surface area is 147 Å². The smallest absolute Gasteiger partial charge is 0.315 e. The van der Waals surface area contributed by atoms with Crippen molar-refractivity contribution < 1.29 is 13.9 Å². The van der Waals surface area contributed by atoms with Gasteiger partial charge < -0.3 is 19.8 Å². The summed E-state index contributed by atoms with van der Waals surface area (Å²) in [5.41, 5.74) is 0.998. The number of rotatable bonds is 4. The molecule has 1 aliphatic carbocycles. The second-order valence-corrected chi connectivity index (χ2v) is 6.88. The number of benzene rings is 1. The predicted octanol–water partition coefficient (Wildman–Crippen LogP) is 3.63. The van der Waals surface area contributed by atoms with E-state index in [0.717, 1.165) is 43.6 Å². The normalized spacial score (nSPS) is 26.6. The van der Waals surface area contributed by atoms with Crippen molar-refractivity contribution in [3.8, 4) is 0 Å². The summed E-state index contributed by atoms with van der Waals surface area (Å²) in [6.45, 7) is 0.814. The van der Waals surface area contributed by atoms with Gasteiger partial charge in [-0.05, 0) is 43.4 Å². The summed E-state index contributed by atoms with van der Waals surface area (Å²) in [7, 11) is 0. The maximum atomic E-state index is 12.7. The molecule has 5 nitrogen and oxygen atoms in total. The van der Waals surface area contributed by atoms with Gasteiger partial charge in [0.25, 0.3) is 0 Å². The Balaban J connectivity index is 1.46. The van der Waals surface area contributed by atoms with Crippen LogP contribution in [0.4, 0.5) is 4.79 Å². The van der Waals surface area contributed by atoms with Gasteiger partial charge in [-0.25, -0.2) is 4.79 Å². The summed E-state index contributed by atoms with van der Waals surface area (Å²) in [5.74, 6) is 1.17. The molecule has 2 fully saturated rings. The van der Waals surface area contributed by atoms with E-state index in [2.05, 4.69) is 10.6 Å². The minimum Gasteiger partial charge on any atom is -0.467 e. The number of nitrogens with one attached hydrogen (secondary N) is 2. The highest BCUT2D eigenvalue weighted by atomic mass is 16.5. The van der Waals surface area contributed by atoms with Crippen molar-refractivity contribution in [1.82, 2.24) is 10.6 Å². The summed E-state index contributed by atoms with van der Waals surface area (Å²) in [6, 6.07) is 13.4. The molecule has 1 aromatic carbocycles. The van der Waals surface area contributed by atoms with Gasteiger partial charge in [0.05, 0.1) is 12.4 Å². The molecule has 2 aliphatic rings. The van der Waals surface area contributed by atoms with Crippen molar-refractivity contribution in [3.05, 3.63) is 60.1 Å². The summed E-state index contributed by atoms with van der Waals surface area (Å²) >= 11 is 0. The van der Waals surface area contributed by atoms with E-state index >= 15 is 0 Å². The maximum absolute atomic E-state index is 12.7. The Morgan fingerprint density at radius 2 is 1.96 bits per heavy atom. The minimum absolute atomic E-state index is 0.150. The van der Waals surface area contributed by atoms with E-state index < -0.39 is 0 Å².